The number of hydrogen-bond acceptors (Lipinski definition) is 3. The molecule has 27 heavy (non-hydrogen) atoms. The maximum Gasteiger partial charge on any atom is 0.306 e. The second kappa shape index (κ2) is 21.4. The fourth-order valence-corrected chi connectivity index (χ4v) is 3.44. The van der Waals surface area contributed by atoms with Crippen molar-refractivity contribution in [2.24, 2.45) is 0 Å². The highest BCUT2D eigenvalue weighted by molar-refractivity contribution is 5.72. The van der Waals surface area contributed by atoms with Crippen molar-refractivity contribution < 1.29 is 14.3 Å². The average molecular weight is 383 g/mol. The van der Waals surface area contributed by atoms with E-state index in [-0.39, 0.29) is 5.97 Å². The topological polar surface area (TPSA) is 43.4 Å². The van der Waals surface area contributed by atoms with Gasteiger partial charge >= 0.3 is 5.97 Å². The molecule has 0 aliphatic heterocycles. The smallest absolute Gasteiger partial charge is 0.306 e. The summed E-state index contributed by atoms with van der Waals surface area (Å²) < 4.78 is 5.28. The SMILES string of the molecule is CCCCCCCCCCCCCCCC(=O)OC(C=O)CCCCCC. The highest BCUT2D eigenvalue weighted by Crippen LogP contribution is 2.13. The third-order valence-corrected chi connectivity index (χ3v) is 5.26. The van der Waals surface area contributed by atoms with Crippen LogP contribution in [0, 0.1) is 0 Å². The zero-order valence-corrected chi connectivity index (χ0v) is 18.3. The second-order valence-electron chi connectivity index (χ2n) is 8.01. The molecule has 0 bridgehead atoms. The van der Waals surface area contributed by atoms with Crippen molar-refractivity contribution in [2.45, 2.75) is 142 Å². The van der Waals surface area contributed by atoms with E-state index >= 15 is 0 Å². The van der Waals surface area contributed by atoms with Gasteiger partial charge in [-0.25, -0.2) is 0 Å². The van der Waals surface area contributed by atoms with E-state index in [2.05, 4.69) is 13.8 Å². The summed E-state index contributed by atoms with van der Waals surface area (Å²) in [4.78, 5) is 22.8. The van der Waals surface area contributed by atoms with E-state index in [0.29, 0.717) is 12.8 Å². The highest BCUT2D eigenvalue weighted by Gasteiger charge is 2.12. The van der Waals surface area contributed by atoms with Crippen LogP contribution in [0.3, 0.4) is 0 Å². The zero-order valence-electron chi connectivity index (χ0n) is 18.3. The average Bonchev–Trinajstić information content (AvgIpc) is 2.67. The Labute approximate surface area is 169 Å². The maximum atomic E-state index is 11.8. The summed E-state index contributed by atoms with van der Waals surface area (Å²) in [7, 11) is 0. The Kier molecular flexibility index (Phi) is 20.8. The van der Waals surface area contributed by atoms with Gasteiger partial charge in [0.2, 0.25) is 0 Å². The van der Waals surface area contributed by atoms with Gasteiger partial charge in [0.15, 0.2) is 12.4 Å². The van der Waals surface area contributed by atoms with Gasteiger partial charge in [0.25, 0.3) is 0 Å². The van der Waals surface area contributed by atoms with Gasteiger partial charge in [-0.3, -0.25) is 9.59 Å². The summed E-state index contributed by atoms with van der Waals surface area (Å²) in [5.74, 6) is -0.203. The molecule has 0 spiro atoms. The summed E-state index contributed by atoms with van der Waals surface area (Å²) in [6.07, 6.45) is 22.7. The molecule has 0 aromatic rings. The van der Waals surface area contributed by atoms with Crippen molar-refractivity contribution in [3.63, 3.8) is 0 Å². The summed E-state index contributed by atoms with van der Waals surface area (Å²) in [6.45, 7) is 4.42. The number of carbonyl (C=O) groups excluding carboxylic acids is 2. The van der Waals surface area contributed by atoms with Gasteiger partial charge in [0, 0.05) is 6.42 Å². The lowest BCUT2D eigenvalue weighted by atomic mass is 10.0. The molecule has 0 saturated carbocycles. The summed E-state index contributed by atoms with van der Waals surface area (Å²) in [6, 6.07) is 0. The molecule has 1 unspecified atom stereocenters. The Balaban J connectivity index is 3.38. The lowest BCUT2D eigenvalue weighted by Crippen LogP contribution is -2.19. The third-order valence-electron chi connectivity index (χ3n) is 5.26. The minimum absolute atomic E-state index is 0.203. The minimum Gasteiger partial charge on any atom is -0.455 e. The van der Waals surface area contributed by atoms with Crippen LogP contribution in [-0.2, 0) is 14.3 Å². The van der Waals surface area contributed by atoms with E-state index in [1.165, 1.54) is 83.5 Å². The zero-order chi connectivity index (χ0) is 20.0. The first-order chi connectivity index (χ1) is 13.2. The molecule has 0 fully saturated rings. The minimum atomic E-state index is -0.531. The second-order valence-corrected chi connectivity index (χ2v) is 8.01. The van der Waals surface area contributed by atoms with Gasteiger partial charge in [-0.05, 0) is 19.3 Å². The van der Waals surface area contributed by atoms with Crippen molar-refractivity contribution in [3.8, 4) is 0 Å². The molecule has 3 nitrogen and oxygen atoms in total. The number of aldehydes is 1. The number of hydrogen-bond donors (Lipinski definition) is 0. The van der Waals surface area contributed by atoms with Crippen LogP contribution in [0.4, 0.5) is 0 Å². The van der Waals surface area contributed by atoms with Crippen LogP contribution in [0.5, 0.6) is 0 Å². The van der Waals surface area contributed by atoms with E-state index in [1.54, 1.807) is 0 Å². The van der Waals surface area contributed by atoms with Crippen LogP contribution in [-0.4, -0.2) is 18.4 Å². The van der Waals surface area contributed by atoms with Gasteiger partial charge in [0.05, 0.1) is 0 Å². The normalized spacial score (nSPS) is 12.1. The van der Waals surface area contributed by atoms with E-state index in [1.807, 2.05) is 0 Å². The van der Waals surface area contributed by atoms with Crippen LogP contribution in [0.25, 0.3) is 0 Å². The van der Waals surface area contributed by atoms with Crippen LogP contribution < -0.4 is 0 Å². The van der Waals surface area contributed by atoms with Crippen molar-refractivity contribution in [1.82, 2.24) is 0 Å². The molecule has 0 aliphatic rings. The van der Waals surface area contributed by atoms with Crippen LogP contribution in [0.15, 0.2) is 0 Å². The van der Waals surface area contributed by atoms with E-state index in [9.17, 15) is 9.59 Å². The first kappa shape index (κ1) is 26.1. The summed E-state index contributed by atoms with van der Waals surface area (Å²) >= 11 is 0. The largest absolute Gasteiger partial charge is 0.455 e. The van der Waals surface area contributed by atoms with Gasteiger partial charge in [0.1, 0.15) is 0 Å². The molecule has 1 atom stereocenters. The molecule has 0 amide bonds. The lowest BCUT2D eigenvalue weighted by Gasteiger charge is -2.12. The maximum absolute atomic E-state index is 11.8. The lowest BCUT2D eigenvalue weighted by molar-refractivity contribution is -0.152. The predicted molar refractivity (Wildman–Crippen MR) is 115 cm³/mol. The van der Waals surface area contributed by atoms with Gasteiger partial charge in [-0.2, -0.15) is 0 Å². The van der Waals surface area contributed by atoms with Crippen molar-refractivity contribution in [3.05, 3.63) is 0 Å². The fourth-order valence-electron chi connectivity index (χ4n) is 3.44. The van der Waals surface area contributed by atoms with Gasteiger partial charge in [-0.1, -0.05) is 110 Å². The molecule has 0 saturated heterocycles. The predicted octanol–water partition coefficient (Wildman–Crippen LogP) is 7.55. The Morgan fingerprint density at radius 1 is 0.667 bits per heavy atom. The van der Waals surface area contributed by atoms with E-state index < -0.39 is 6.10 Å². The third kappa shape index (κ3) is 19.7. The molecular formula is C24H46O3. The van der Waals surface area contributed by atoms with E-state index in [4.69, 9.17) is 4.74 Å². The summed E-state index contributed by atoms with van der Waals surface area (Å²) in [5.41, 5.74) is 0. The standard InChI is InChI=1S/C24H46O3/c1-3-5-7-9-10-11-12-13-14-15-16-17-19-21-24(26)27-23(22-25)20-18-8-6-4-2/h22-23H,3-21H2,1-2H3. The highest BCUT2D eigenvalue weighted by atomic mass is 16.5. The van der Waals surface area contributed by atoms with E-state index in [0.717, 1.165) is 32.0 Å². The number of carbonyl (C=O) groups is 2. The molecule has 0 aromatic heterocycles. The molecule has 160 valence electrons. The quantitative estimate of drug-likeness (QED) is 0.117. The molecule has 0 aromatic carbocycles. The Morgan fingerprint density at radius 2 is 1.07 bits per heavy atom. The number of ether oxygens (including phenoxy) is 1. The fraction of sp³-hybridized carbons (Fsp3) is 0.917. The number of unbranched alkanes of at least 4 members (excludes halogenated alkanes) is 15. The van der Waals surface area contributed by atoms with Crippen molar-refractivity contribution >= 4 is 12.3 Å². The molecule has 0 rings (SSSR count). The van der Waals surface area contributed by atoms with Crippen LogP contribution in [0.2, 0.25) is 0 Å². The van der Waals surface area contributed by atoms with Gasteiger partial charge in [-0.15, -0.1) is 0 Å². The first-order valence-electron chi connectivity index (χ1n) is 11.9. The number of rotatable bonds is 21. The Hall–Kier alpha value is -0.860. The Bertz CT molecular complexity index is 328. The van der Waals surface area contributed by atoms with Gasteiger partial charge < -0.3 is 4.74 Å². The van der Waals surface area contributed by atoms with Crippen LogP contribution >= 0.6 is 0 Å². The Morgan fingerprint density at radius 3 is 1.52 bits per heavy atom. The molecule has 0 heterocycles. The van der Waals surface area contributed by atoms with Crippen molar-refractivity contribution in [1.29, 1.82) is 0 Å². The molecule has 0 radical (unpaired) electrons. The monoisotopic (exact) mass is 382 g/mol. The molecular weight excluding hydrogens is 336 g/mol. The molecule has 3 heteroatoms. The number of esters is 1. The molecule has 0 N–H and O–H groups in total. The van der Waals surface area contributed by atoms with Crippen LogP contribution in [0.1, 0.15) is 136 Å². The molecule has 0 aliphatic carbocycles. The van der Waals surface area contributed by atoms with Crippen molar-refractivity contribution in [2.75, 3.05) is 0 Å². The summed E-state index contributed by atoms with van der Waals surface area (Å²) in [5, 5.41) is 0. The first-order valence-corrected chi connectivity index (χ1v) is 11.9.